The van der Waals surface area contributed by atoms with Crippen molar-refractivity contribution in [2.75, 3.05) is 38.0 Å². The average molecular weight is 506 g/mol. The van der Waals surface area contributed by atoms with Crippen LogP contribution < -0.4 is 9.46 Å². The van der Waals surface area contributed by atoms with Crippen molar-refractivity contribution >= 4 is 21.6 Å². The number of fused-ring (bicyclic) bond motifs is 1. The Kier molecular flexibility index (Phi) is 7.39. The minimum absolute atomic E-state index is 0.0526. The molecule has 0 radical (unpaired) electrons. The van der Waals surface area contributed by atoms with Gasteiger partial charge in [-0.15, -0.1) is 0 Å². The number of nitrogens with one attached hydrogen (secondary N) is 1. The van der Waals surface area contributed by atoms with E-state index in [0.29, 0.717) is 19.0 Å². The Labute approximate surface area is 206 Å². The number of rotatable bonds is 9. The highest BCUT2D eigenvalue weighted by Crippen LogP contribution is 2.36. The number of ether oxygens (including phenoxy) is 1. The van der Waals surface area contributed by atoms with Crippen LogP contribution in [0.3, 0.4) is 0 Å². The number of sulfonamides is 1. The van der Waals surface area contributed by atoms with E-state index < -0.39 is 16.1 Å². The summed E-state index contributed by atoms with van der Waals surface area (Å²) < 4.78 is 36.6. The van der Waals surface area contributed by atoms with Crippen LogP contribution in [0, 0.1) is 11.8 Å². The maximum Gasteiger partial charge on any atom is 0.281 e. The zero-order chi connectivity index (χ0) is 25.3. The van der Waals surface area contributed by atoms with Crippen molar-refractivity contribution < 1.29 is 23.1 Å². The zero-order valence-corrected chi connectivity index (χ0v) is 21.5. The normalized spacial score (nSPS) is 21.8. The number of hydrogen-bond acceptors (Lipinski definition) is 7. The molecule has 3 atom stereocenters. The number of aliphatic hydroxyl groups excluding tert-OH is 1. The second-order valence-electron chi connectivity index (χ2n) is 9.95. The molecule has 2 N–H and O–H groups in total. The Balaban J connectivity index is 1.72. The molecular weight excluding hydrogens is 470 g/mol. The van der Waals surface area contributed by atoms with Crippen LogP contribution >= 0.6 is 0 Å². The van der Waals surface area contributed by atoms with Gasteiger partial charge in [-0.05, 0) is 44.9 Å². The first kappa shape index (κ1) is 25.5. The van der Waals surface area contributed by atoms with Gasteiger partial charge in [0.15, 0.2) is 10.8 Å². The van der Waals surface area contributed by atoms with Crippen molar-refractivity contribution in [3.8, 4) is 5.75 Å². The maximum absolute atomic E-state index is 13.5. The molecule has 35 heavy (non-hydrogen) atoms. The fraction of sp³-hybridized carbons (Fsp3) is 0.583. The lowest BCUT2D eigenvalue weighted by molar-refractivity contribution is 0.0346. The maximum atomic E-state index is 13.5. The molecule has 11 heteroatoms. The Morgan fingerprint density at radius 1 is 1.31 bits per heavy atom. The summed E-state index contributed by atoms with van der Waals surface area (Å²) in [7, 11) is -0.252. The van der Waals surface area contributed by atoms with Crippen LogP contribution in [-0.2, 0) is 17.1 Å². The van der Waals surface area contributed by atoms with Crippen molar-refractivity contribution in [1.29, 1.82) is 0 Å². The van der Waals surface area contributed by atoms with E-state index in [1.54, 1.807) is 41.6 Å². The third kappa shape index (κ3) is 5.79. The van der Waals surface area contributed by atoms with Crippen molar-refractivity contribution in [3.63, 3.8) is 0 Å². The van der Waals surface area contributed by atoms with E-state index in [4.69, 9.17) is 4.74 Å². The van der Waals surface area contributed by atoms with E-state index >= 15 is 0 Å². The van der Waals surface area contributed by atoms with Gasteiger partial charge in [-0.2, -0.15) is 8.42 Å². The molecule has 0 unspecified atom stereocenters. The van der Waals surface area contributed by atoms with Crippen molar-refractivity contribution in [2.24, 2.45) is 18.9 Å². The van der Waals surface area contributed by atoms with Gasteiger partial charge in [0, 0.05) is 38.8 Å². The van der Waals surface area contributed by atoms with Gasteiger partial charge in [0.25, 0.3) is 15.9 Å². The topological polar surface area (TPSA) is 117 Å². The van der Waals surface area contributed by atoms with Gasteiger partial charge in [-0.1, -0.05) is 13.0 Å². The molecule has 0 bridgehead atoms. The molecule has 1 aliphatic carbocycles. The van der Waals surface area contributed by atoms with E-state index in [2.05, 4.69) is 21.7 Å². The number of aliphatic hydroxyl groups is 1. The van der Waals surface area contributed by atoms with Crippen LogP contribution in [0.2, 0.25) is 0 Å². The summed E-state index contributed by atoms with van der Waals surface area (Å²) in [5.74, 6) is 0.549. The lowest BCUT2D eigenvalue weighted by Gasteiger charge is -2.38. The molecule has 4 rings (SSSR count). The van der Waals surface area contributed by atoms with Crippen LogP contribution in [0.1, 0.15) is 37.0 Å². The SMILES string of the molecule is C[C@@H]1CN([C@@H](C)CO)C(=O)c2cccc(NS(=O)(=O)c3cn(C)cn3)c2O[C@H]1CN(C)CC1CC1. The number of carbonyl (C=O) groups is 1. The van der Waals surface area contributed by atoms with E-state index in [0.717, 1.165) is 6.54 Å². The largest absolute Gasteiger partial charge is 0.486 e. The van der Waals surface area contributed by atoms with E-state index in [9.17, 15) is 18.3 Å². The monoisotopic (exact) mass is 505 g/mol. The van der Waals surface area contributed by atoms with Gasteiger partial charge in [0.2, 0.25) is 0 Å². The molecule has 0 spiro atoms. The van der Waals surface area contributed by atoms with Crippen molar-refractivity contribution in [1.82, 2.24) is 19.4 Å². The molecule has 10 nitrogen and oxygen atoms in total. The number of carbonyl (C=O) groups excluding carboxylic acids is 1. The number of hydrogen-bond donors (Lipinski definition) is 2. The summed E-state index contributed by atoms with van der Waals surface area (Å²) in [5.41, 5.74) is 0.440. The summed E-state index contributed by atoms with van der Waals surface area (Å²) in [6.45, 7) is 5.68. The number of para-hydroxylation sites is 1. The lowest BCUT2D eigenvalue weighted by atomic mass is 9.99. The highest BCUT2D eigenvalue weighted by Gasteiger charge is 2.35. The number of aromatic nitrogens is 2. The molecule has 0 saturated heterocycles. The molecule has 2 aliphatic rings. The Hall–Kier alpha value is -2.63. The Morgan fingerprint density at radius 3 is 2.69 bits per heavy atom. The molecular formula is C24H35N5O5S. The van der Waals surface area contributed by atoms with Gasteiger partial charge in [0.05, 0.1) is 30.2 Å². The van der Waals surface area contributed by atoms with Crippen LogP contribution in [0.4, 0.5) is 5.69 Å². The highest BCUT2D eigenvalue weighted by molar-refractivity contribution is 7.92. The van der Waals surface area contributed by atoms with Crippen molar-refractivity contribution in [2.45, 2.75) is 43.9 Å². The van der Waals surface area contributed by atoms with Gasteiger partial charge in [-0.25, -0.2) is 4.98 Å². The summed E-state index contributed by atoms with van der Waals surface area (Å²) in [6.07, 6.45) is 5.00. The average Bonchev–Trinajstić information content (AvgIpc) is 3.51. The molecule has 1 aliphatic heterocycles. The molecule has 192 valence electrons. The minimum Gasteiger partial charge on any atom is -0.486 e. The fourth-order valence-electron chi connectivity index (χ4n) is 4.39. The number of benzene rings is 1. The molecule has 1 amide bonds. The quantitative estimate of drug-likeness (QED) is 0.534. The predicted molar refractivity (Wildman–Crippen MR) is 132 cm³/mol. The van der Waals surface area contributed by atoms with Gasteiger partial charge in [0.1, 0.15) is 6.10 Å². The molecule has 2 heterocycles. The van der Waals surface area contributed by atoms with Crippen LogP contribution in [0.15, 0.2) is 35.7 Å². The van der Waals surface area contributed by atoms with E-state index in [1.807, 2.05) is 6.92 Å². The zero-order valence-electron chi connectivity index (χ0n) is 20.7. The number of aryl methyl sites for hydroxylation is 1. The minimum atomic E-state index is -4.00. The number of nitrogens with zero attached hydrogens (tertiary/aromatic N) is 4. The van der Waals surface area contributed by atoms with Gasteiger partial charge in [-0.3, -0.25) is 9.52 Å². The van der Waals surface area contributed by atoms with Crippen LogP contribution in [0.25, 0.3) is 0 Å². The molecule has 1 aromatic heterocycles. The van der Waals surface area contributed by atoms with Gasteiger partial charge < -0.3 is 24.2 Å². The number of likely N-dealkylation sites (N-methyl/N-ethyl adjacent to an activating group) is 1. The van der Waals surface area contributed by atoms with E-state index in [-0.39, 0.29) is 46.6 Å². The molecule has 1 aromatic carbocycles. The third-order valence-electron chi connectivity index (χ3n) is 6.65. The first-order valence-corrected chi connectivity index (χ1v) is 13.5. The molecule has 1 fully saturated rings. The van der Waals surface area contributed by atoms with Crippen molar-refractivity contribution in [3.05, 3.63) is 36.3 Å². The summed E-state index contributed by atoms with van der Waals surface area (Å²) in [6, 6.07) is 4.45. The second kappa shape index (κ2) is 10.2. The van der Waals surface area contributed by atoms with Crippen LogP contribution in [-0.4, -0.2) is 84.2 Å². The van der Waals surface area contributed by atoms with Crippen LogP contribution in [0.5, 0.6) is 5.75 Å². The fourth-order valence-corrected chi connectivity index (χ4v) is 5.43. The first-order valence-electron chi connectivity index (χ1n) is 12.0. The highest BCUT2D eigenvalue weighted by atomic mass is 32.2. The number of anilines is 1. The smallest absolute Gasteiger partial charge is 0.281 e. The predicted octanol–water partition coefficient (Wildman–Crippen LogP) is 1.78. The molecule has 1 saturated carbocycles. The third-order valence-corrected chi connectivity index (χ3v) is 7.90. The standard InChI is InChI=1S/C24H35N5O5S/c1-16-10-29(17(2)14-30)24(31)19-6-5-7-20(26-35(32,33)22-13-28(4)15-25-22)23(19)34-21(16)12-27(3)11-18-8-9-18/h5-7,13,15-18,21,26,30H,8-12,14H2,1-4H3/t16-,17+,21+/m1/s1. The Morgan fingerprint density at radius 2 is 2.06 bits per heavy atom. The number of imidazole rings is 1. The first-order chi connectivity index (χ1) is 16.6. The van der Waals surface area contributed by atoms with Gasteiger partial charge >= 0.3 is 0 Å². The second-order valence-corrected chi connectivity index (χ2v) is 11.6. The summed E-state index contributed by atoms with van der Waals surface area (Å²) in [4.78, 5) is 21.4. The lowest BCUT2D eigenvalue weighted by Crippen LogP contribution is -2.50. The summed E-state index contributed by atoms with van der Waals surface area (Å²) >= 11 is 0. The number of amides is 1. The van der Waals surface area contributed by atoms with E-state index in [1.165, 1.54) is 25.4 Å². The summed E-state index contributed by atoms with van der Waals surface area (Å²) in [5, 5.41) is 9.69. The Bertz CT molecular complexity index is 1160. The molecule has 2 aromatic rings.